The number of carbonyl (C=O) groups is 4. The summed E-state index contributed by atoms with van der Waals surface area (Å²) in [7, 11) is 1.71. The normalized spacial score (nSPS) is 17.2. The molecule has 0 spiro atoms. The number of hydrogen-bond acceptors (Lipinski definition) is 6. The predicted octanol–water partition coefficient (Wildman–Crippen LogP) is 5.20. The first-order valence-corrected chi connectivity index (χ1v) is 15.8. The molecule has 0 aromatic heterocycles. The first-order chi connectivity index (χ1) is 20.9. The Morgan fingerprint density at radius 2 is 1.61 bits per heavy atom. The maximum Gasteiger partial charge on any atom is 0.333 e. The van der Waals surface area contributed by atoms with Gasteiger partial charge in [0.05, 0.1) is 18.7 Å². The van der Waals surface area contributed by atoms with Crippen LogP contribution in [0.15, 0.2) is 66.2 Å². The fraction of sp³-hybridized carbons (Fsp3) is 0.500. The van der Waals surface area contributed by atoms with Crippen LogP contribution >= 0.6 is 0 Å². The van der Waals surface area contributed by atoms with Crippen LogP contribution in [0.3, 0.4) is 0 Å². The SMILES string of the molecule is CCOC(=O)C(C)=C[C@H](C(C)C)N(C)C(=O)[C@H](Cc1ccc(C(=O)c2ccccc2)cc1)NC(=O)[C@H]1CCCCN1C(C)C. The molecule has 3 atom stereocenters. The molecule has 8 heteroatoms. The summed E-state index contributed by atoms with van der Waals surface area (Å²) in [6, 6.07) is 15.0. The minimum Gasteiger partial charge on any atom is -0.463 e. The molecular formula is C36H49N3O5. The minimum atomic E-state index is -0.836. The smallest absolute Gasteiger partial charge is 0.333 e. The Hall–Kier alpha value is -3.78. The largest absolute Gasteiger partial charge is 0.463 e. The summed E-state index contributed by atoms with van der Waals surface area (Å²) in [6.45, 7) is 12.7. The number of rotatable bonds is 13. The standard InChI is InChI=1S/C36H49N3O5/c1-8-44-36(43)26(6)22-32(24(2)3)38(7)35(42)30(37-34(41)31-16-12-13-21-39(31)25(4)5)23-27-17-19-29(20-18-27)33(40)28-14-10-9-11-15-28/h9-11,14-15,17-20,22,24-25,30-32H,8,12-13,16,21,23H2,1-7H3,(H,37,41)/t30-,31+,32+/m0/s1. The van der Waals surface area contributed by atoms with Crippen LogP contribution in [0.2, 0.25) is 0 Å². The minimum absolute atomic E-state index is 0.00253. The van der Waals surface area contributed by atoms with E-state index in [9.17, 15) is 19.2 Å². The predicted molar refractivity (Wildman–Crippen MR) is 173 cm³/mol. The van der Waals surface area contributed by atoms with E-state index in [0.29, 0.717) is 16.7 Å². The summed E-state index contributed by atoms with van der Waals surface area (Å²) in [5.41, 5.74) is 2.41. The summed E-state index contributed by atoms with van der Waals surface area (Å²) in [6.07, 6.45) is 4.78. The molecule has 1 saturated heterocycles. The van der Waals surface area contributed by atoms with Crippen molar-refractivity contribution >= 4 is 23.6 Å². The lowest BCUT2D eigenvalue weighted by molar-refractivity contribution is -0.139. The molecule has 44 heavy (non-hydrogen) atoms. The highest BCUT2D eigenvalue weighted by Gasteiger charge is 2.35. The van der Waals surface area contributed by atoms with E-state index < -0.39 is 12.0 Å². The average molecular weight is 604 g/mol. The van der Waals surface area contributed by atoms with Crippen LogP contribution in [0.1, 0.15) is 82.3 Å². The molecule has 2 amide bonds. The number of carbonyl (C=O) groups excluding carboxylic acids is 4. The Kier molecular flexibility index (Phi) is 12.9. The van der Waals surface area contributed by atoms with Gasteiger partial charge < -0.3 is 15.0 Å². The topological polar surface area (TPSA) is 96.0 Å². The molecule has 238 valence electrons. The Labute approximate surface area is 262 Å². The van der Waals surface area contributed by atoms with E-state index in [-0.39, 0.29) is 54.7 Å². The molecule has 0 bridgehead atoms. The van der Waals surface area contributed by atoms with Gasteiger partial charge in [0.1, 0.15) is 6.04 Å². The van der Waals surface area contributed by atoms with E-state index in [1.165, 1.54) is 0 Å². The second-order valence-corrected chi connectivity index (χ2v) is 12.3. The molecule has 0 radical (unpaired) electrons. The number of esters is 1. The third-order valence-corrected chi connectivity index (χ3v) is 8.31. The maximum atomic E-state index is 14.2. The van der Waals surface area contributed by atoms with Gasteiger partial charge in [-0.1, -0.05) is 80.9 Å². The van der Waals surface area contributed by atoms with Gasteiger partial charge in [0, 0.05) is 36.2 Å². The Bertz CT molecular complexity index is 1300. The lowest BCUT2D eigenvalue weighted by Crippen LogP contribution is -2.58. The number of ketones is 1. The molecule has 1 fully saturated rings. The zero-order valence-corrected chi connectivity index (χ0v) is 27.3. The van der Waals surface area contributed by atoms with Gasteiger partial charge in [-0.25, -0.2) is 4.79 Å². The van der Waals surface area contributed by atoms with E-state index in [4.69, 9.17) is 4.74 Å². The third-order valence-electron chi connectivity index (χ3n) is 8.31. The van der Waals surface area contributed by atoms with Gasteiger partial charge in [0.15, 0.2) is 5.78 Å². The molecule has 3 rings (SSSR count). The van der Waals surface area contributed by atoms with Crippen LogP contribution in [0.25, 0.3) is 0 Å². The summed E-state index contributed by atoms with van der Waals surface area (Å²) >= 11 is 0. The zero-order valence-electron chi connectivity index (χ0n) is 27.3. The Morgan fingerprint density at radius 3 is 2.20 bits per heavy atom. The molecule has 0 unspecified atom stereocenters. The van der Waals surface area contributed by atoms with Gasteiger partial charge in [0.25, 0.3) is 0 Å². The molecule has 1 heterocycles. The fourth-order valence-corrected chi connectivity index (χ4v) is 5.82. The quantitative estimate of drug-likeness (QED) is 0.192. The number of benzene rings is 2. The summed E-state index contributed by atoms with van der Waals surface area (Å²) in [5.74, 6) is -0.892. The Morgan fingerprint density at radius 1 is 0.977 bits per heavy atom. The van der Waals surface area contributed by atoms with Gasteiger partial charge >= 0.3 is 5.97 Å². The highest BCUT2D eigenvalue weighted by molar-refractivity contribution is 6.09. The van der Waals surface area contributed by atoms with Crippen LogP contribution in [0.5, 0.6) is 0 Å². The number of nitrogens with zero attached hydrogens (tertiary/aromatic N) is 2. The number of piperidine rings is 1. The first kappa shape index (κ1) is 34.7. The summed E-state index contributed by atoms with van der Waals surface area (Å²) in [5, 5.41) is 3.10. The molecular weight excluding hydrogens is 554 g/mol. The van der Waals surface area contributed by atoms with Crippen LogP contribution < -0.4 is 5.32 Å². The van der Waals surface area contributed by atoms with E-state index in [2.05, 4.69) is 24.1 Å². The van der Waals surface area contributed by atoms with Gasteiger partial charge in [0.2, 0.25) is 11.8 Å². The molecule has 0 saturated carbocycles. The van der Waals surface area contributed by atoms with Crippen molar-refractivity contribution < 1.29 is 23.9 Å². The van der Waals surface area contributed by atoms with Crippen molar-refractivity contribution in [3.05, 3.63) is 82.9 Å². The summed E-state index contributed by atoms with van der Waals surface area (Å²) in [4.78, 5) is 57.0. The first-order valence-electron chi connectivity index (χ1n) is 15.8. The number of amides is 2. The van der Waals surface area contributed by atoms with E-state index in [1.54, 1.807) is 56.1 Å². The molecule has 0 aliphatic carbocycles. The molecule has 2 aromatic carbocycles. The van der Waals surface area contributed by atoms with Gasteiger partial charge in [-0.2, -0.15) is 0 Å². The number of ether oxygens (including phenoxy) is 1. The van der Waals surface area contributed by atoms with Crippen LogP contribution in [-0.4, -0.2) is 77.7 Å². The van der Waals surface area contributed by atoms with Crippen LogP contribution in [-0.2, 0) is 25.5 Å². The monoisotopic (exact) mass is 603 g/mol. The van der Waals surface area contributed by atoms with Gasteiger partial charge in [-0.3, -0.25) is 19.3 Å². The van der Waals surface area contributed by atoms with E-state index >= 15 is 0 Å². The second kappa shape index (κ2) is 16.3. The molecule has 1 aliphatic rings. The third kappa shape index (κ3) is 9.11. The molecule has 2 aromatic rings. The number of nitrogens with one attached hydrogen (secondary N) is 1. The van der Waals surface area contributed by atoms with Gasteiger partial charge in [-0.05, 0) is 58.6 Å². The van der Waals surface area contributed by atoms with Crippen LogP contribution in [0.4, 0.5) is 0 Å². The van der Waals surface area contributed by atoms with Gasteiger partial charge in [-0.15, -0.1) is 0 Å². The van der Waals surface area contributed by atoms with Crippen molar-refractivity contribution in [2.75, 3.05) is 20.2 Å². The van der Waals surface area contributed by atoms with Crippen molar-refractivity contribution in [2.45, 2.75) is 91.4 Å². The summed E-state index contributed by atoms with van der Waals surface area (Å²) < 4.78 is 5.16. The van der Waals surface area contributed by atoms with E-state index in [0.717, 1.165) is 31.4 Å². The van der Waals surface area contributed by atoms with Crippen LogP contribution in [0, 0.1) is 5.92 Å². The van der Waals surface area contributed by atoms with Crippen molar-refractivity contribution in [1.82, 2.24) is 15.1 Å². The highest BCUT2D eigenvalue weighted by Crippen LogP contribution is 2.22. The van der Waals surface area contributed by atoms with Crippen molar-refractivity contribution in [3.63, 3.8) is 0 Å². The highest BCUT2D eigenvalue weighted by atomic mass is 16.5. The molecule has 1 aliphatic heterocycles. The van der Waals surface area contributed by atoms with Crippen molar-refractivity contribution in [2.24, 2.45) is 5.92 Å². The number of likely N-dealkylation sites (N-methyl/N-ethyl adjacent to an activating group) is 1. The number of hydrogen-bond donors (Lipinski definition) is 1. The van der Waals surface area contributed by atoms with Crippen molar-refractivity contribution in [3.8, 4) is 0 Å². The second-order valence-electron chi connectivity index (χ2n) is 12.3. The maximum absolute atomic E-state index is 14.2. The molecule has 1 N–H and O–H groups in total. The molecule has 8 nitrogen and oxygen atoms in total. The Balaban J connectivity index is 1.89. The van der Waals surface area contributed by atoms with Crippen molar-refractivity contribution in [1.29, 1.82) is 0 Å². The average Bonchev–Trinajstić information content (AvgIpc) is 3.02. The van der Waals surface area contributed by atoms with E-state index in [1.807, 2.05) is 44.2 Å². The lowest BCUT2D eigenvalue weighted by atomic mass is 9.96. The zero-order chi connectivity index (χ0) is 32.4. The number of likely N-dealkylation sites (tertiary alicyclic amines) is 1. The lowest BCUT2D eigenvalue weighted by Gasteiger charge is -2.39. The fourth-order valence-electron chi connectivity index (χ4n) is 5.82.